The molecule has 1 radical (unpaired) electrons. The number of aromatic nitrogens is 2. The number of aromatic amines is 1. The van der Waals surface area contributed by atoms with Gasteiger partial charge in [0.15, 0.2) is 0 Å². The average molecular weight is 170 g/mol. The topological polar surface area (TPSA) is 45.8 Å². The van der Waals surface area contributed by atoms with Gasteiger partial charge in [0.2, 0.25) is 0 Å². The molecule has 43 valence electrons. The Morgan fingerprint density at radius 2 is 2.33 bits per heavy atom. The number of halogens is 1. The smallest absolute Gasteiger partial charge is 0.266 e. The molecule has 0 fully saturated rings. The zero-order chi connectivity index (χ0) is 5.98. The van der Waals surface area contributed by atoms with E-state index in [-0.39, 0.29) is 62.0 Å². The second-order valence-electron chi connectivity index (χ2n) is 1.23. The van der Waals surface area contributed by atoms with Crippen molar-refractivity contribution in [3.63, 3.8) is 0 Å². The van der Waals surface area contributed by atoms with Crippen LogP contribution in [0.25, 0.3) is 0 Å². The number of H-pyrrole nitrogens is 1. The first-order valence-electron chi connectivity index (χ1n) is 2.00. The molecule has 0 unspecified atom stereocenters. The average Bonchev–Trinajstić information content (AvgIpc) is 1.77. The van der Waals surface area contributed by atoms with Crippen molar-refractivity contribution in [3.05, 3.63) is 27.6 Å². The molecular weight excluding hydrogens is 167 g/mol. The molecule has 0 saturated carbocycles. The molecule has 1 rings (SSSR count). The van der Waals surface area contributed by atoms with Crippen molar-refractivity contribution in [1.29, 1.82) is 0 Å². The molecule has 1 N–H and O–H groups in total. The fourth-order valence-corrected chi connectivity index (χ4v) is 0.426. The normalized spacial score (nSPS) is 8.11. The minimum absolute atomic E-state index is 0. The Morgan fingerprint density at radius 1 is 1.67 bits per heavy atom. The van der Waals surface area contributed by atoms with Gasteiger partial charge in [-0.05, 0) is 6.07 Å². The molecule has 1 heterocycles. The maximum atomic E-state index is 10.4. The Bertz CT molecular complexity index is 236. The molecule has 1 aromatic rings. The van der Waals surface area contributed by atoms with E-state index in [0.717, 1.165) is 0 Å². The maximum absolute atomic E-state index is 10.4. The molecular formula is C4H3ClKN2O. The monoisotopic (exact) mass is 169 g/mol. The van der Waals surface area contributed by atoms with E-state index in [9.17, 15) is 4.79 Å². The third-order valence-electron chi connectivity index (χ3n) is 0.678. The first-order chi connectivity index (χ1) is 3.80. The summed E-state index contributed by atoms with van der Waals surface area (Å²) in [6.45, 7) is 0. The van der Waals surface area contributed by atoms with Crippen molar-refractivity contribution >= 4 is 63.0 Å². The quantitative estimate of drug-likeness (QED) is 0.558. The third-order valence-corrected chi connectivity index (χ3v) is 0.976. The Morgan fingerprint density at radius 3 is 2.67 bits per heavy atom. The van der Waals surface area contributed by atoms with Gasteiger partial charge in [-0.25, -0.2) is 5.10 Å². The number of hydrogen-bond acceptors (Lipinski definition) is 2. The van der Waals surface area contributed by atoms with Gasteiger partial charge in [0.05, 0.1) is 0 Å². The van der Waals surface area contributed by atoms with Crippen LogP contribution in [0.4, 0.5) is 0 Å². The van der Waals surface area contributed by atoms with Crippen molar-refractivity contribution < 1.29 is 0 Å². The SMILES string of the molecule is O=c1[nH]nccc1Cl.[K]. The van der Waals surface area contributed by atoms with Crippen LogP contribution < -0.4 is 5.56 Å². The standard InChI is InChI=1S/C4H3ClN2O.K/c5-3-1-2-6-7-4(3)8;/h1-2H,(H,7,8);. The minimum atomic E-state index is -0.353. The predicted octanol–water partition coefficient (Wildman–Crippen LogP) is 0.0425. The summed E-state index contributed by atoms with van der Waals surface area (Å²) >= 11 is 5.32. The van der Waals surface area contributed by atoms with Gasteiger partial charge in [-0.2, -0.15) is 5.10 Å². The van der Waals surface area contributed by atoms with E-state index < -0.39 is 0 Å². The van der Waals surface area contributed by atoms with Crippen LogP contribution >= 0.6 is 11.6 Å². The molecule has 0 bridgehead atoms. The van der Waals surface area contributed by atoms with Gasteiger partial charge in [0.1, 0.15) is 5.02 Å². The van der Waals surface area contributed by atoms with Gasteiger partial charge in [-0.15, -0.1) is 0 Å². The summed E-state index contributed by atoms with van der Waals surface area (Å²) in [5.41, 5.74) is -0.353. The summed E-state index contributed by atoms with van der Waals surface area (Å²) in [5, 5.41) is 5.75. The van der Waals surface area contributed by atoms with Gasteiger partial charge in [-0.3, -0.25) is 4.79 Å². The molecule has 9 heavy (non-hydrogen) atoms. The fraction of sp³-hybridized carbons (Fsp3) is 0. The number of rotatable bonds is 0. The van der Waals surface area contributed by atoms with E-state index in [1.807, 2.05) is 0 Å². The predicted molar refractivity (Wildman–Crippen MR) is 35.6 cm³/mol. The van der Waals surface area contributed by atoms with Crippen LogP contribution in [0, 0.1) is 0 Å². The van der Waals surface area contributed by atoms with Crippen LogP contribution in [-0.2, 0) is 0 Å². The van der Waals surface area contributed by atoms with E-state index in [1.165, 1.54) is 12.3 Å². The number of nitrogens with zero attached hydrogens (tertiary/aromatic N) is 1. The zero-order valence-corrected chi connectivity index (χ0v) is 8.77. The second kappa shape index (κ2) is 4.60. The van der Waals surface area contributed by atoms with Crippen molar-refractivity contribution in [2.45, 2.75) is 0 Å². The molecule has 0 atom stereocenters. The number of hydrogen-bond donors (Lipinski definition) is 1. The van der Waals surface area contributed by atoms with Gasteiger partial charge in [0, 0.05) is 57.6 Å². The molecule has 3 nitrogen and oxygen atoms in total. The maximum Gasteiger partial charge on any atom is 0.282 e. The third kappa shape index (κ3) is 2.93. The van der Waals surface area contributed by atoms with E-state index in [1.54, 1.807) is 0 Å². The van der Waals surface area contributed by atoms with E-state index in [0.29, 0.717) is 0 Å². The summed E-state index contributed by atoms with van der Waals surface area (Å²) in [6, 6.07) is 1.43. The van der Waals surface area contributed by atoms with Gasteiger partial charge >= 0.3 is 0 Å². The summed E-state index contributed by atoms with van der Waals surface area (Å²) in [6.07, 6.45) is 1.42. The molecule has 0 aromatic carbocycles. The van der Waals surface area contributed by atoms with Crippen LogP contribution in [0.15, 0.2) is 17.1 Å². The molecule has 0 saturated heterocycles. The van der Waals surface area contributed by atoms with Crippen molar-refractivity contribution in [3.8, 4) is 0 Å². The summed E-state index contributed by atoms with van der Waals surface area (Å²) in [5.74, 6) is 0. The van der Waals surface area contributed by atoms with Gasteiger partial charge in [-0.1, -0.05) is 11.6 Å². The van der Waals surface area contributed by atoms with E-state index >= 15 is 0 Å². The molecule has 0 spiro atoms. The Labute approximate surface area is 99.2 Å². The molecule has 0 aliphatic heterocycles. The molecule has 5 heteroatoms. The van der Waals surface area contributed by atoms with Gasteiger partial charge < -0.3 is 0 Å². The summed E-state index contributed by atoms with van der Waals surface area (Å²) in [4.78, 5) is 10.4. The zero-order valence-electron chi connectivity index (χ0n) is 4.89. The van der Waals surface area contributed by atoms with Crippen molar-refractivity contribution in [2.75, 3.05) is 0 Å². The van der Waals surface area contributed by atoms with Crippen molar-refractivity contribution in [2.24, 2.45) is 0 Å². The Hall–Kier alpha value is 0.806. The molecule has 0 aliphatic rings. The molecule has 0 amide bonds. The van der Waals surface area contributed by atoms with E-state index in [2.05, 4.69) is 10.2 Å². The summed E-state index contributed by atoms with van der Waals surface area (Å²) < 4.78 is 0. The Kier molecular flexibility index (Phi) is 5.01. The first-order valence-corrected chi connectivity index (χ1v) is 2.37. The van der Waals surface area contributed by atoms with Crippen LogP contribution in [0.5, 0.6) is 0 Å². The summed E-state index contributed by atoms with van der Waals surface area (Å²) in [7, 11) is 0. The first kappa shape index (κ1) is 9.81. The van der Waals surface area contributed by atoms with Crippen molar-refractivity contribution in [1.82, 2.24) is 10.2 Å². The van der Waals surface area contributed by atoms with Crippen LogP contribution in [-0.4, -0.2) is 61.6 Å². The number of nitrogens with one attached hydrogen (secondary N) is 1. The second-order valence-corrected chi connectivity index (χ2v) is 1.64. The van der Waals surface area contributed by atoms with E-state index in [4.69, 9.17) is 11.6 Å². The minimum Gasteiger partial charge on any atom is -0.266 e. The van der Waals surface area contributed by atoms with Crippen LogP contribution in [0.3, 0.4) is 0 Å². The largest absolute Gasteiger partial charge is 0.282 e. The molecule has 1 aromatic heterocycles. The molecule has 0 aliphatic carbocycles. The fourth-order valence-electron chi connectivity index (χ4n) is 0.328. The van der Waals surface area contributed by atoms with Gasteiger partial charge in [0.25, 0.3) is 5.56 Å². The van der Waals surface area contributed by atoms with Crippen LogP contribution in [0.1, 0.15) is 0 Å². The Balaban J connectivity index is 0.000000640. The van der Waals surface area contributed by atoms with Crippen LogP contribution in [0.2, 0.25) is 5.02 Å².